The number of nitrogens with one attached hydrogen (secondary N) is 2. The molecule has 0 radical (unpaired) electrons. The van der Waals surface area contributed by atoms with Crippen molar-refractivity contribution in [2.75, 3.05) is 5.32 Å². The van der Waals surface area contributed by atoms with E-state index in [-0.39, 0.29) is 0 Å². The maximum absolute atomic E-state index is 5.96. The number of pyridine rings is 1. The molecule has 0 saturated carbocycles. The lowest BCUT2D eigenvalue weighted by Crippen LogP contribution is -2.28. The quantitative estimate of drug-likeness (QED) is 0.579. The van der Waals surface area contributed by atoms with Gasteiger partial charge in [-0.2, -0.15) is 0 Å². The number of furan rings is 1. The zero-order valence-corrected chi connectivity index (χ0v) is 15.7. The Hall–Kier alpha value is -2.08. The van der Waals surface area contributed by atoms with Crippen molar-refractivity contribution in [1.29, 1.82) is 0 Å². The highest BCUT2D eigenvalue weighted by atomic mass is 35.5. The lowest BCUT2D eigenvalue weighted by Gasteiger charge is -2.09. The van der Waals surface area contributed by atoms with Gasteiger partial charge in [-0.15, -0.1) is 0 Å². The van der Waals surface area contributed by atoms with Crippen molar-refractivity contribution in [2.45, 2.75) is 13.5 Å². The van der Waals surface area contributed by atoms with Crippen molar-refractivity contribution < 1.29 is 4.42 Å². The normalized spacial score (nSPS) is 10.5. The standard InChI is InChI=1S/C18H15Cl2N3OS/c1-11-15(20)7-9-17(22-11)23-18(25)21-10-14-6-8-16(24-14)12-2-4-13(19)5-3-12/h2-9H,10H2,1H3,(H2,21,22,23,25). The van der Waals surface area contributed by atoms with Gasteiger partial charge in [-0.25, -0.2) is 4.98 Å². The molecule has 0 saturated heterocycles. The Kier molecular flexibility index (Phi) is 5.58. The number of benzene rings is 1. The molecule has 0 aliphatic rings. The highest BCUT2D eigenvalue weighted by Crippen LogP contribution is 2.23. The third-order valence-corrected chi connectivity index (χ3v) is 4.37. The largest absolute Gasteiger partial charge is 0.459 e. The van der Waals surface area contributed by atoms with Crippen LogP contribution in [0.15, 0.2) is 52.9 Å². The Morgan fingerprint density at radius 2 is 1.84 bits per heavy atom. The monoisotopic (exact) mass is 391 g/mol. The third-order valence-electron chi connectivity index (χ3n) is 3.48. The smallest absolute Gasteiger partial charge is 0.172 e. The number of anilines is 1. The molecule has 0 spiro atoms. The Balaban J connectivity index is 1.57. The maximum Gasteiger partial charge on any atom is 0.172 e. The minimum absolute atomic E-state index is 0.457. The maximum atomic E-state index is 5.96. The predicted octanol–water partition coefficient (Wildman–Crippen LogP) is 5.44. The van der Waals surface area contributed by atoms with Crippen molar-refractivity contribution in [1.82, 2.24) is 10.3 Å². The Morgan fingerprint density at radius 3 is 2.56 bits per heavy atom. The van der Waals surface area contributed by atoms with Crippen LogP contribution in [0.1, 0.15) is 11.5 Å². The summed E-state index contributed by atoms with van der Waals surface area (Å²) in [5, 5.41) is 7.88. The summed E-state index contributed by atoms with van der Waals surface area (Å²) in [5.74, 6) is 2.19. The van der Waals surface area contributed by atoms with E-state index in [4.69, 9.17) is 39.8 Å². The second-order valence-corrected chi connectivity index (χ2v) is 6.60. The molecule has 3 rings (SSSR count). The van der Waals surface area contributed by atoms with Crippen LogP contribution in [0.2, 0.25) is 10.0 Å². The first-order valence-electron chi connectivity index (χ1n) is 7.54. The van der Waals surface area contributed by atoms with Gasteiger partial charge in [0.05, 0.1) is 17.3 Å². The highest BCUT2D eigenvalue weighted by Gasteiger charge is 2.06. The predicted molar refractivity (Wildman–Crippen MR) is 106 cm³/mol. The van der Waals surface area contributed by atoms with Gasteiger partial charge in [0.15, 0.2) is 5.11 Å². The first kappa shape index (κ1) is 17.7. The van der Waals surface area contributed by atoms with Crippen LogP contribution in [0.4, 0.5) is 5.82 Å². The van der Waals surface area contributed by atoms with E-state index in [9.17, 15) is 0 Å². The molecule has 0 aliphatic heterocycles. The first-order valence-corrected chi connectivity index (χ1v) is 8.70. The van der Waals surface area contributed by atoms with E-state index in [2.05, 4.69) is 15.6 Å². The summed E-state index contributed by atoms with van der Waals surface area (Å²) >= 11 is 17.1. The second kappa shape index (κ2) is 7.87. The Labute approximate surface area is 161 Å². The van der Waals surface area contributed by atoms with Crippen LogP contribution >= 0.6 is 35.4 Å². The number of hydrogen-bond acceptors (Lipinski definition) is 3. The topological polar surface area (TPSA) is 50.1 Å². The van der Waals surface area contributed by atoms with Crippen molar-refractivity contribution in [3.63, 3.8) is 0 Å². The molecule has 2 heterocycles. The lowest BCUT2D eigenvalue weighted by atomic mass is 10.2. The van der Waals surface area contributed by atoms with Crippen LogP contribution in [0.3, 0.4) is 0 Å². The molecule has 25 heavy (non-hydrogen) atoms. The molecule has 7 heteroatoms. The number of hydrogen-bond donors (Lipinski definition) is 2. The molecular weight excluding hydrogens is 377 g/mol. The summed E-state index contributed by atoms with van der Waals surface area (Å²) in [6.45, 7) is 2.30. The average molecular weight is 392 g/mol. The van der Waals surface area contributed by atoms with Crippen molar-refractivity contribution >= 4 is 46.4 Å². The molecular formula is C18H15Cl2N3OS. The van der Waals surface area contributed by atoms with Gasteiger partial charge in [0.25, 0.3) is 0 Å². The van der Waals surface area contributed by atoms with Crippen molar-refractivity contribution in [2.24, 2.45) is 0 Å². The molecule has 0 unspecified atom stereocenters. The van der Waals surface area contributed by atoms with E-state index in [1.807, 2.05) is 43.3 Å². The zero-order valence-electron chi connectivity index (χ0n) is 13.3. The molecule has 3 aromatic rings. The van der Waals surface area contributed by atoms with Crippen LogP contribution in [0, 0.1) is 6.92 Å². The van der Waals surface area contributed by atoms with Gasteiger partial charge in [0, 0.05) is 10.6 Å². The van der Waals surface area contributed by atoms with Gasteiger partial charge < -0.3 is 15.1 Å². The van der Waals surface area contributed by atoms with Gasteiger partial charge in [-0.1, -0.05) is 23.2 Å². The van der Waals surface area contributed by atoms with Crippen molar-refractivity contribution in [3.05, 3.63) is 70.0 Å². The van der Waals surface area contributed by atoms with E-state index >= 15 is 0 Å². The van der Waals surface area contributed by atoms with Crippen LogP contribution in [0.25, 0.3) is 11.3 Å². The summed E-state index contributed by atoms with van der Waals surface area (Å²) < 4.78 is 5.82. The van der Waals surface area contributed by atoms with Crippen LogP contribution in [0.5, 0.6) is 0 Å². The van der Waals surface area contributed by atoms with E-state index in [0.29, 0.717) is 27.5 Å². The molecule has 0 bridgehead atoms. The van der Waals surface area contributed by atoms with E-state index < -0.39 is 0 Å². The number of thiocarbonyl (C=S) groups is 1. The Morgan fingerprint density at radius 1 is 1.08 bits per heavy atom. The molecule has 2 aromatic heterocycles. The Bertz CT molecular complexity index is 894. The average Bonchev–Trinajstić information content (AvgIpc) is 3.06. The van der Waals surface area contributed by atoms with Gasteiger partial charge in [-0.3, -0.25) is 0 Å². The van der Waals surface area contributed by atoms with Gasteiger partial charge in [-0.05, 0) is 67.7 Å². The van der Waals surface area contributed by atoms with Crippen LogP contribution < -0.4 is 10.6 Å². The zero-order chi connectivity index (χ0) is 17.8. The number of aromatic nitrogens is 1. The van der Waals surface area contributed by atoms with Gasteiger partial charge in [0.2, 0.25) is 0 Å². The second-order valence-electron chi connectivity index (χ2n) is 5.34. The number of halogens is 2. The molecule has 0 amide bonds. The molecule has 4 nitrogen and oxygen atoms in total. The third kappa shape index (κ3) is 4.72. The summed E-state index contributed by atoms with van der Waals surface area (Å²) in [5.41, 5.74) is 1.71. The molecule has 0 aliphatic carbocycles. The van der Waals surface area contributed by atoms with Crippen molar-refractivity contribution in [3.8, 4) is 11.3 Å². The summed E-state index contributed by atoms with van der Waals surface area (Å²) in [6, 6.07) is 14.9. The number of nitrogens with zero attached hydrogens (tertiary/aromatic N) is 1. The fraction of sp³-hybridized carbons (Fsp3) is 0.111. The summed E-state index contributed by atoms with van der Waals surface area (Å²) in [6.07, 6.45) is 0. The molecule has 1 aromatic carbocycles. The van der Waals surface area contributed by atoms with E-state index in [1.165, 1.54) is 0 Å². The van der Waals surface area contributed by atoms with E-state index in [1.54, 1.807) is 12.1 Å². The molecule has 0 fully saturated rings. The number of aryl methyl sites for hydroxylation is 1. The van der Waals surface area contributed by atoms with Gasteiger partial charge in [0.1, 0.15) is 17.3 Å². The van der Waals surface area contributed by atoms with Crippen LogP contribution in [-0.4, -0.2) is 10.1 Å². The minimum Gasteiger partial charge on any atom is -0.459 e. The summed E-state index contributed by atoms with van der Waals surface area (Å²) in [4.78, 5) is 4.31. The number of rotatable bonds is 4. The van der Waals surface area contributed by atoms with Gasteiger partial charge >= 0.3 is 0 Å². The van der Waals surface area contributed by atoms with E-state index in [0.717, 1.165) is 22.8 Å². The van der Waals surface area contributed by atoms with Crippen LogP contribution in [-0.2, 0) is 6.54 Å². The lowest BCUT2D eigenvalue weighted by molar-refractivity contribution is 0.516. The fourth-order valence-corrected chi connectivity index (χ4v) is 2.59. The molecule has 0 atom stereocenters. The summed E-state index contributed by atoms with van der Waals surface area (Å²) in [7, 11) is 0. The molecule has 128 valence electrons. The fourth-order valence-electron chi connectivity index (χ4n) is 2.18. The first-order chi connectivity index (χ1) is 12.0. The minimum atomic E-state index is 0.457. The highest BCUT2D eigenvalue weighted by molar-refractivity contribution is 7.80. The molecule has 2 N–H and O–H groups in total. The SMILES string of the molecule is Cc1nc(NC(=S)NCc2ccc(-c3ccc(Cl)cc3)o2)ccc1Cl.